The molecule has 1 aromatic rings. The van der Waals surface area contributed by atoms with E-state index in [-0.39, 0.29) is 18.6 Å². The molecule has 0 saturated carbocycles. The number of carbonyl (C=O) groups is 1. The first-order valence-corrected chi connectivity index (χ1v) is 5.66. The van der Waals surface area contributed by atoms with Crippen molar-refractivity contribution in [3.05, 3.63) is 34.3 Å². The average molecular weight is 270 g/mol. The zero-order valence-corrected chi connectivity index (χ0v) is 9.79. The second-order valence-electron chi connectivity index (χ2n) is 3.53. The first kappa shape index (κ1) is 10.6. The molecule has 1 atom stereocenters. The van der Waals surface area contributed by atoms with Gasteiger partial charge in [0.15, 0.2) is 0 Å². The highest BCUT2D eigenvalue weighted by molar-refractivity contribution is 9.10. The number of benzene rings is 1. The Balaban J connectivity index is 1.97. The molecule has 0 spiro atoms. The summed E-state index contributed by atoms with van der Waals surface area (Å²) in [5, 5.41) is 2.79. The van der Waals surface area contributed by atoms with Crippen molar-refractivity contribution in [2.24, 2.45) is 0 Å². The molecule has 0 bridgehead atoms. The molecule has 15 heavy (non-hydrogen) atoms. The third kappa shape index (κ3) is 2.79. The summed E-state index contributed by atoms with van der Waals surface area (Å²) in [6, 6.07) is 8.05. The molecule has 4 heteroatoms. The van der Waals surface area contributed by atoms with E-state index in [4.69, 9.17) is 4.74 Å². The molecule has 0 radical (unpaired) electrons. The van der Waals surface area contributed by atoms with Crippen molar-refractivity contribution in [2.45, 2.75) is 12.5 Å². The minimum absolute atomic E-state index is 0.0293. The minimum atomic E-state index is -0.0293. The second-order valence-corrected chi connectivity index (χ2v) is 4.39. The van der Waals surface area contributed by atoms with Crippen LogP contribution >= 0.6 is 15.9 Å². The summed E-state index contributed by atoms with van der Waals surface area (Å²) < 4.78 is 6.50. The van der Waals surface area contributed by atoms with E-state index in [1.165, 1.54) is 5.56 Å². The Bertz CT molecular complexity index is 357. The summed E-state index contributed by atoms with van der Waals surface area (Å²) in [6.07, 6.45) is 0.906. The molecule has 0 aromatic heterocycles. The predicted molar refractivity (Wildman–Crippen MR) is 60.6 cm³/mol. The van der Waals surface area contributed by atoms with Crippen LogP contribution in [-0.4, -0.2) is 25.2 Å². The summed E-state index contributed by atoms with van der Waals surface area (Å²) in [5.41, 5.74) is 1.21. The number of halogens is 1. The van der Waals surface area contributed by atoms with Gasteiger partial charge in [0.2, 0.25) is 5.91 Å². The zero-order chi connectivity index (χ0) is 10.7. The molecule has 0 aliphatic carbocycles. The summed E-state index contributed by atoms with van der Waals surface area (Å²) >= 11 is 3.49. The molecule has 1 aliphatic heterocycles. The maximum absolute atomic E-state index is 10.9. The normalized spacial score (nSPS) is 21.1. The SMILES string of the molecule is O=C1COC(Cc2ccccc2Br)CN1. The number of morpholine rings is 1. The molecular formula is C11H12BrNO2. The molecule has 2 rings (SSSR count). The first-order chi connectivity index (χ1) is 7.25. The van der Waals surface area contributed by atoms with Gasteiger partial charge in [-0.3, -0.25) is 4.79 Å². The van der Waals surface area contributed by atoms with Crippen molar-refractivity contribution in [1.82, 2.24) is 5.32 Å². The third-order valence-electron chi connectivity index (χ3n) is 2.38. The highest BCUT2D eigenvalue weighted by atomic mass is 79.9. The van der Waals surface area contributed by atoms with Crippen molar-refractivity contribution in [2.75, 3.05) is 13.2 Å². The number of nitrogens with one attached hydrogen (secondary N) is 1. The molecule has 80 valence electrons. The lowest BCUT2D eigenvalue weighted by atomic mass is 10.1. The van der Waals surface area contributed by atoms with E-state index in [0.29, 0.717) is 6.54 Å². The van der Waals surface area contributed by atoms with Gasteiger partial charge in [-0.2, -0.15) is 0 Å². The van der Waals surface area contributed by atoms with Crippen LogP contribution in [0.5, 0.6) is 0 Å². The quantitative estimate of drug-likeness (QED) is 0.884. The third-order valence-corrected chi connectivity index (χ3v) is 3.16. The van der Waals surface area contributed by atoms with Gasteiger partial charge < -0.3 is 10.1 Å². The molecule has 1 aliphatic rings. The molecule has 1 amide bonds. The molecule has 1 N–H and O–H groups in total. The summed E-state index contributed by atoms with van der Waals surface area (Å²) in [6.45, 7) is 0.773. The second kappa shape index (κ2) is 4.77. The Morgan fingerprint density at radius 3 is 2.93 bits per heavy atom. The van der Waals surface area contributed by atoms with E-state index < -0.39 is 0 Å². The van der Waals surface area contributed by atoms with Crippen LogP contribution in [0.25, 0.3) is 0 Å². The summed E-state index contributed by atoms with van der Waals surface area (Å²) in [4.78, 5) is 10.9. The van der Waals surface area contributed by atoms with Crippen molar-refractivity contribution >= 4 is 21.8 Å². The van der Waals surface area contributed by atoms with Crippen LogP contribution in [0.4, 0.5) is 0 Å². The molecular weight excluding hydrogens is 258 g/mol. The lowest BCUT2D eigenvalue weighted by Gasteiger charge is -2.23. The van der Waals surface area contributed by atoms with Crippen LogP contribution in [0.3, 0.4) is 0 Å². The van der Waals surface area contributed by atoms with Crippen LogP contribution in [0, 0.1) is 0 Å². The number of ether oxygens (including phenoxy) is 1. The molecule has 3 nitrogen and oxygen atoms in total. The van der Waals surface area contributed by atoms with Gasteiger partial charge in [0.05, 0.1) is 6.10 Å². The topological polar surface area (TPSA) is 38.3 Å². The van der Waals surface area contributed by atoms with Crippen LogP contribution in [0.1, 0.15) is 5.56 Å². The van der Waals surface area contributed by atoms with Crippen LogP contribution in [0.2, 0.25) is 0 Å². The Hall–Kier alpha value is -0.870. The van der Waals surface area contributed by atoms with E-state index in [1.54, 1.807) is 0 Å². The predicted octanol–water partition coefficient (Wildman–Crippen LogP) is 1.51. The molecule has 1 aromatic carbocycles. The van der Waals surface area contributed by atoms with Gasteiger partial charge in [-0.25, -0.2) is 0 Å². The molecule has 1 unspecified atom stereocenters. The van der Waals surface area contributed by atoms with Gasteiger partial charge in [0.25, 0.3) is 0 Å². The van der Waals surface area contributed by atoms with Gasteiger partial charge in [0, 0.05) is 17.4 Å². The monoisotopic (exact) mass is 269 g/mol. The van der Waals surface area contributed by atoms with Crippen molar-refractivity contribution in [1.29, 1.82) is 0 Å². The maximum Gasteiger partial charge on any atom is 0.246 e. The Morgan fingerprint density at radius 2 is 2.27 bits per heavy atom. The highest BCUT2D eigenvalue weighted by Crippen LogP contribution is 2.18. The van der Waals surface area contributed by atoms with Gasteiger partial charge in [-0.05, 0) is 11.6 Å². The van der Waals surface area contributed by atoms with Gasteiger partial charge in [-0.1, -0.05) is 34.1 Å². The fourth-order valence-electron chi connectivity index (χ4n) is 1.57. The Kier molecular flexibility index (Phi) is 3.38. The standard InChI is InChI=1S/C11H12BrNO2/c12-10-4-2-1-3-8(10)5-9-6-13-11(14)7-15-9/h1-4,9H,5-7H2,(H,13,14). The minimum Gasteiger partial charge on any atom is -0.366 e. The van der Waals surface area contributed by atoms with Crippen molar-refractivity contribution in [3.8, 4) is 0 Å². The van der Waals surface area contributed by atoms with Gasteiger partial charge in [0.1, 0.15) is 6.61 Å². The Morgan fingerprint density at radius 1 is 1.47 bits per heavy atom. The highest BCUT2D eigenvalue weighted by Gasteiger charge is 2.19. The van der Waals surface area contributed by atoms with E-state index >= 15 is 0 Å². The lowest BCUT2D eigenvalue weighted by molar-refractivity contribution is -0.133. The maximum atomic E-state index is 10.9. The number of rotatable bonds is 2. The number of amides is 1. The van der Waals surface area contributed by atoms with E-state index in [0.717, 1.165) is 10.9 Å². The van der Waals surface area contributed by atoms with E-state index in [2.05, 4.69) is 27.3 Å². The van der Waals surface area contributed by atoms with Crippen LogP contribution in [0.15, 0.2) is 28.7 Å². The van der Waals surface area contributed by atoms with Crippen LogP contribution < -0.4 is 5.32 Å². The van der Waals surface area contributed by atoms with Crippen LogP contribution in [-0.2, 0) is 16.0 Å². The van der Waals surface area contributed by atoms with Gasteiger partial charge >= 0.3 is 0 Å². The zero-order valence-electron chi connectivity index (χ0n) is 8.20. The summed E-state index contributed by atoms with van der Waals surface area (Å²) in [5.74, 6) is -0.0293. The smallest absolute Gasteiger partial charge is 0.246 e. The number of hydrogen-bond donors (Lipinski definition) is 1. The molecule has 1 saturated heterocycles. The number of carbonyl (C=O) groups excluding carboxylic acids is 1. The largest absolute Gasteiger partial charge is 0.366 e. The fraction of sp³-hybridized carbons (Fsp3) is 0.364. The van der Waals surface area contributed by atoms with Crippen molar-refractivity contribution < 1.29 is 9.53 Å². The molecule has 1 heterocycles. The fourth-order valence-corrected chi connectivity index (χ4v) is 2.02. The van der Waals surface area contributed by atoms with E-state index in [9.17, 15) is 4.79 Å². The average Bonchev–Trinajstić information content (AvgIpc) is 2.25. The summed E-state index contributed by atoms with van der Waals surface area (Å²) in [7, 11) is 0. The van der Waals surface area contributed by atoms with Crippen molar-refractivity contribution in [3.63, 3.8) is 0 Å². The lowest BCUT2D eigenvalue weighted by Crippen LogP contribution is -2.43. The number of hydrogen-bond acceptors (Lipinski definition) is 2. The Labute approximate surface area is 96.9 Å². The van der Waals surface area contributed by atoms with Gasteiger partial charge in [-0.15, -0.1) is 0 Å². The van der Waals surface area contributed by atoms with E-state index in [1.807, 2.05) is 18.2 Å². The first-order valence-electron chi connectivity index (χ1n) is 4.87. The molecule has 1 fully saturated rings.